The molecule has 3 rings (SSSR count). The average Bonchev–Trinajstić information content (AvgIpc) is 2.87. The molecule has 2 aromatic carbocycles. The van der Waals surface area contributed by atoms with Crippen molar-refractivity contribution in [3.8, 4) is 11.5 Å². The number of fused-ring (bicyclic) bond motifs is 1. The van der Waals surface area contributed by atoms with Gasteiger partial charge in [-0.3, -0.25) is 4.79 Å². The fraction of sp³-hybridized carbons (Fsp3) is 0. The zero-order valence-electron chi connectivity index (χ0n) is 9.94. The van der Waals surface area contributed by atoms with Gasteiger partial charge in [0.05, 0.1) is 16.3 Å². The summed E-state index contributed by atoms with van der Waals surface area (Å²) in [5, 5.41) is 3.21. The highest BCUT2D eigenvalue weighted by Gasteiger charge is 2.20. The quantitative estimate of drug-likeness (QED) is 0.865. The number of rotatable bonds is 2. The lowest BCUT2D eigenvalue weighted by molar-refractivity contribution is 0.0259. The summed E-state index contributed by atoms with van der Waals surface area (Å²) in [6.45, 7) is 0. The first kappa shape index (κ1) is 13.2. The molecule has 0 saturated heterocycles. The van der Waals surface area contributed by atoms with Crippen molar-refractivity contribution in [2.75, 3.05) is 5.32 Å². The van der Waals surface area contributed by atoms with E-state index in [4.69, 9.17) is 21.3 Å². The van der Waals surface area contributed by atoms with Crippen molar-refractivity contribution in [1.29, 1.82) is 0 Å². The first-order chi connectivity index (χ1) is 9.65. The van der Waals surface area contributed by atoms with Crippen LogP contribution in [0, 0.1) is 0 Å². The summed E-state index contributed by atoms with van der Waals surface area (Å²) in [4.78, 5) is 22.3. The van der Waals surface area contributed by atoms with Crippen LogP contribution in [0.2, 0.25) is 5.02 Å². The maximum atomic E-state index is 12.3. The second-order valence-corrected chi connectivity index (χ2v) is 5.26. The standard InChI is InChI=1S/C13H8BrClN2O3/c14-8-6-12-11(19-17-20-12)5-7(8)13(18)16-10-4-2-1-3-9(10)15/h1-6,17H,(H,16,18). The van der Waals surface area contributed by atoms with Crippen molar-refractivity contribution in [2.45, 2.75) is 0 Å². The number of amides is 1. The SMILES string of the molecule is O=C(Nc1ccccc1Cl)c1cc2c(cc1Br)ONO2. The Balaban J connectivity index is 1.90. The molecule has 102 valence electrons. The van der Waals surface area contributed by atoms with Gasteiger partial charge in [-0.15, -0.1) is 0 Å². The minimum absolute atomic E-state index is 0.303. The Hall–Kier alpha value is -1.76. The average molecular weight is 356 g/mol. The van der Waals surface area contributed by atoms with E-state index in [0.29, 0.717) is 32.2 Å². The lowest BCUT2D eigenvalue weighted by atomic mass is 10.2. The Morgan fingerprint density at radius 3 is 2.65 bits per heavy atom. The highest BCUT2D eigenvalue weighted by Crippen LogP contribution is 2.36. The van der Waals surface area contributed by atoms with Crippen LogP contribution in [0.15, 0.2) is 40.9 Å². The fourth-order valence-electron chi connectivity index (χ4n) is 1.73. The smallest absolute Gasteiger partial charge is 0.256 e. The van der Waals surface area contributed by atoms with Crippen LogP contribution < -0.4 is 20.6 Å². The molecule has 0 bridgehead atoms. The number of para-hydroxylation sites is 1. The largest absolute Gasteiger partial charge is 0.370 e. The molecule has 0 fully saturated rings. The van der Waals surface area contributed by atoms with Gasteiger partial charge in [-0.05, 0) is 28.1 Å². The molecule has 0 unspecified atom stereocenters. The van der Waals surface area contributed by atoms with E-state index in [1.54, 1.807) is 36.4 Å². The molecule has 0 spiro atoms. The van der Waals surface area contributed by atoms with E-state index in [-0.39, 0.29) is 5.91 Å². The number of halogens is 2. The van der Waals surface area contributed by atoms with E-state index in [0.717, 1.165) is 0 Å². The van der Waals surface area contributed by atoms with E-state index < -0.39 is 0 Å². The Kier molecular flexibility index (Phi) is 3.52. The number of carbonyl (C=O) groups is 1. The Morgan fingerprint density at radius 1 is 1.20 bits per heavy atom. The molecule has 1 aliphatic rings. The number of anilines is 1. The number of benzene rings is 2. The summed E-state index contributed by atoms with van der Waals surface area (Å²) in [5.74, 6) is 0.645. The second kappa shape index (κ2) is 5.32. The van der Waals surface area contributed by atoms with Crippen LogP contribution in [0.5, 0.6) is 11.5 Å². The predicted molar refractivity (Wildman–Crippen MR) is 77.9 cm³/mol. The number of carbonyl (C=O) groups excluding carboxylic acids is 1. The fourth-order valence-corrected chi connectivity index (χ4v) is 2.42. The van der Waals surface area contributed by atoms with Crippen molar-refractivity contribution in [3.05, 3.63) is 51.5 Å². The van der Waals surface area contributed by atoms with E-state index in [2.05, 4.69) is 26.9 Å². The molecule has 0 atom stereocenters. The molecule has 2 aromatic rings. The Labute approximate surface area is 127 Å². The molecule has 2 N–H and O–H groups in total. The highest BCUT2D eigenvalue weighted by molar-refractivity contribution is 9.10. The zero-order chi connectivity index (χ0) is 14.1. The molecule has 7 heteroatoms. The summed E-state index contributed by atoms with van der Waals surface area (Å²) in [5.41, 5.74) is 3.22. The molecule has 5 nitrogen and oxygen atoms in total. The summed E-state index contributed by atoms with van der Waals surface area (Å²) in [7, 11) is 0. The van der Waals surface area contributed by atoms with Gasteiger partial charge in [-0.25, -0.2) is 0 Å². The van der Waals surface area contributed by atoms with Gasteiger partial charge in [0.15, 0.2) is 11.5 Å². The normalized spacial score (nSPS) is 12.3. The molecule has 0 aromatic heterocycles. The van der Waals surface area contributed by atoms with Gasteiger partial charge in [0, 0.05) is 22.2 Å². The van der Waals surface area contributed by atoms with E-state index in [1.165, 1.54) is 0 Å². The van der Waals surface area contributed by atoms with Crippen molar-refractivity contribution in [3.63, 3.8) is 0 Å². The monoisotopic (exact) mass is 354 g/mol. The van der Waals surface area contributed by atoms with Gasteiger partial charge in [0.2, 0.25) is 0 Å². The first-order valence-electron chi connectivity index (χ1n) is 5.63. The molecular formula is C13H8BrClN2O3. The lowest BCUT2D eigenvalue weighted by Gasteiger charge is -2.08. The topological polar surface area (TPSA) is 59.6 Å². The molecule has 0 radical (unpaired) electrons. The van der Waals surface area contributed by atoms with Crippen LogP contribution in [-0.2, 0) is 0 Å². The van der Waals surface area contributed by atoms with Crippen LogP contribution in [0.25, 0.3) is 0 Å². The number of nitrogens with one attached hydrogen (secondary N) is 2. The van der Waals surface area contributed by atoms with Crippen molar-refractivity contribution in [1.82, 2.24) is 5.64 Å². The van der Waals surface area contributed by atoms with Crippen molar-refractivity contribution < 1.29 is 14.5 Å². The third kappa shape index (κ3) is 2.45. The van der Waals surface area contributed by atoms with E-state index >= 15 is 0 Å². The van der Waals surface area contributed by atoms with Crippen molar-refractivity contribution in [2.24, 2.45) is 0 Å². The summed E-state index contributed by atoms with van der Waals surface area (Å²) >= 11 is 9.33. The summed E-state index contributed by atoms with van der Waals surface area (Å²) < 4.78 is 0.591. The highest BCUT2D eigenvalue weighted by atomic mass is 79.9. The van der Waals surface area contributed by atoms with Gasteiger partial charge in [-0.1, -0.05) is 23.7 Å². The maximum absolute atomic E-state index is 12.3. The Morgan fingerprint density at radius 2 is 1.90 bits per heavy atom. The number of hydrogen-bond donors (Lipinski definition) is 2. The Bertz CT molecular complexity index is 693. The van der Waals surface area contributed by atoms with Crippen LogP contribution in [0.1, 0.15) is 10.4 Å². The summed E-state index contributed by atoms with van der Waals surface area (Å²) in [6.07, 6.45) is 0. The van der Waals surface area contributed by atoms with Crippen LogP contribution in [0.3, 0.4) is 0 Å². The number of hydrogen-bond acceptors (Lipinski definition) is 4. The molecule has 1 aliphatic heterocycles. The van der Waals surface area contributed by atoms with Gasteiger partial charge >= 0.3 is 0 Å². The molecule has 0 aliphatic carbocycles. The van der Waals surface area contributed by atoms with Gasteiger partial charge in [-0.2, -0.15) is 0 Å². The third-order valence-corrected chi connectivity index (χ3v) is 3.69. The third-order valence-electron chi connectivity index (χ3n) is 2.70. The van der Waals surface area contributed by atoms with E-state index in [1.807, 2.05) is 0 Å². The minimum Gasteiger partial charge on any atom is -0.370 e. The van der Waals surface area contributed by atoms with Crippen LogP contribution in [-0.4, -0.2) is 5.91 Å². The predicted octanol–water partition coefficient (Wildman–Crippen LogP) is 3.55. The second-order valence-electron chi connectivity index (χ2n) is 4.00. The van der Waals surface area contributed by atoms with Gasteiger partial charge in [0.25, 0.3) is 5.91 Å². The molecule has 1 amide bonds. The molecular weight excluding hydrogens is 348 g/mol. The summed E-state index contributed by atoms with van der Waals surface area (Å²) in [6, 6.07) is 10.2. The molecule has 20 heavy (non-hydrogen) atoms. The maximum Gasteiger partial charge on any atom is 0.256 e. The first-order valence-corrected chi connectivity index (χ1v) is 6.80. The lowest BCUT2D eigenvalue weighted by Crippen LogP contribution is -2.14. The zero-order valence-corrected chi connectivity index (χ0v) is 12.3. The van der Waals surface area contributed by atoms with E-state index in [9.17, 15) is 4.79 Å². The van der Waals surface area contributed by atoms with Crippen molar-refractivity contribution >= 4 is 39.1 Å². The molecule has 1 heterocycles. The van der Waals surface area contributed by atoms with Crippen LogP contribution in [0.4, 0.5) is 5.69 Å². The van der Waals surface area contributed by atoms with Crippen LogP contribution >= 0.6 is 27.5 Å². The van der Waals surface area contributed by atoms with Gasteiger partial charge < -0.3 is 15.0 Å². The molecule has 0 saturated carbocycles. The minimum atomic E-state index is -0.303. The van der Waals surface area contributed by atoms with Gasteiger partial charge in [0.1, 0.15) is 0 Å².